The predicted octanol–water partition coefficient (Wildman–Crippen LogP) is 7.55. The van der Waals surface area contributed by atoms with Crippen LogP contribution < -0.4 is 0 Å². The quantitative estimate of drug-likeness (QED) is 0.183. The first-order chi connectivity index (χ1) is 12.7. The summed E-state index contributed by atoms with van der Waals surface area (Å²) >= 11 is 0. The van der Waals surface area contributed by atoms with Gasteiger partial charge in [-0.15, -0.1) is 0 Å². The molecule has 0 aliphatic heterocycles. The van der Waals surface area contributed by atoms with Gasteiger partial charge in [-0.3, -0.25) is 0 Å². The molecule has 2 aromatic rings. The molecule has 2 aromatic carbocycles. The largest absolute Gasteiger partial charge is 0.0654 e. The van der Waals surface area contributed by atoms with Gasteiger partial charge in [0.2, 0.25) is 0 Å². The van der Waals surface area contributed by atoms with E-state index in [4.69, 9.17) is 11.1 Å². The first kappa shape index (κ1) is 19.4. The normalized spacial score (nSPS) is 11.3. The summed E-state index contributed by atoms with van der Waals surface area (Å²) in [4.78, 5) is 5.64. The summed E-state index contributed by atoms with van der Waals surface area (Å²) in [7, 11) is 0. The van der Waals surface area contributed by atoms with Crippen LogP contribution in [0.4, 0.5) is 11.4 Å². The van der Waals surface area contributed by atoms with Crippen LogP contribution in [0.5, 0.6) is 0 Å². The molecule has 0 aliphatic rings. The van der Waals surface area contributed by atoms with E-state index in [9.17, 15) is 0 Å². The maximum Gasteiger partial charge on any atom is 0.0375 e. The van der Waals surface area contributed by atoms with Gasteiger partial charge in [-0.05, 0) is 47.4 Å². The molecule has 0 bridgehead atoms. The van der Waals surface area contributed by atoms with E-state index < -0.39 is 0 Å². The van der Waals surface area contributed by atoms with Crippen LogP contribution in [0.3, 0.4) is 0 Å². The predicted molar refractivity (Wildman–Crippen MR) is 106 cm³/mol. The third kappa shape index (κ3) is 6.52. The van der Waals surface area contributed by atoms with Crippen LogP contribution in [0.15, 0.2) is 58.8 Å². The number of nitrogens with zero attached hydrogens (tertiary/aromatic N) is 6. The SMILES string of the molecule is CCCCCC(Cc1ccc(N=[N+]=[N-])cc1)Cc1ccc(N=[N+]=[N-])cc1. The molecule has 0 amide bonds. The van der Waals surface area contributed by atoms with E-state index >= 15 is 0 Å². The Morgan fingerprint density at radius 1 is 0.769 bits per heavy atom. The van der Waals surface area contributed by atoms with Gasteiger partial charge in [0.05, 0.1) is 0 Å². The number of hydrogen-bond acceptors (Lipinski definition) is 2. The fourth-order valence-electron chi connectivity index (χ4n) is 3.13. The highest BCUT2D eigenvalue weighted by Gasteiger charge is 2.11. The van der Waals surface area contributed by atoms with E-state index in [0.29, 0.717) is 17.3 Å². The standard InChI is InChI=1S/C20H24N6/c1-2-3-4-5-18(14-16-6-10-19(11-7-16)23-25-21)15-17-8-12-20(13-9-17)24-26-22/h6-13,18H,2-5,14-15H2,1H3. The van der Waals surface area contributed by atoms with Gasteiger partial charge in [0.1, 0.15) is 0 Å². The molecular formula is C20H24N6. The minimum Gasteiger partial charge on any atom is -0.0654 e. The number of hydrogen-bond donors (Lipinski definition) is 0. The number of azide groups is 2. The molecule has 0 aliphatic carbocycles. The minimum absolute atomic E-state index is 0.553. The fourth-order valence-corrected chi connectivity index (χ4v) is 3.13. The summed E-state index contributed by atoms with van der Waals surface area (Å²) in [6.45, 7) is 2.22. The highest BCUT2D eigenvalue weighted by molar-refractivity contribution is 5.40. The van der Waals surface area contributed by atoms with E-state index in [1.54, 1.807) is 0 Å². The van der Waals surface area contributed by atoms with E-state index in [0.717, 1.165) is 12.8 Å². The van der Waals surface area contributed by atoms with Gasteiger partial charge in [0.25, 0.3) is 0 Å². The minimum atomic E-state index is 0.553. The van der Waals surface area contributed by atoms with Crippen LogP contribution >= 0.6 is 0 Å². The highest BCUT2D eigenvalue weighted by Crippen LogP contribution is 2.24. The summed E-state index contributed by atoms with van der Waals surface area (Å²) in [6.07, 6.45) is 6.88. The molecule has 6 heteroatoms. The summed E-state index contributed by atoms with van der Waals surface area (Å²) in [5.74, 6) is 0.553. The van der Waals surface area contributed by atoms with Crippen molar-refractivity contribution in [1.29, 1.82) is 0 Å². The van der Waals surface area contributed by atoms with Crippen LogP contribution in [0.25, 0.3) is 20.9 Å². The van der Waals surface area contributed by atoms with Crippen molar-refractivity contribution in [2.75, 3.05) is 0 Å². The van der Waals surface area contributed by atoms with E-state index in [-0.39, 0.29) is 0 Å². The molecule has 0 unspecified atom stereocenters. The van der Waals surface area contributed by atoms with Gasteiger partial charge in [0.15, 0.2) is 0 Å². The first-order valence-electron chi connectivity index (χ1n) is 9.03. The zero-order chi connectivity index (χ0) is 18.6. The molecule has 0 atom stereocenters. The zero-order valence-corrected chi connectivity index (χ0v) is 15.1. The van der Waals surface area contributed by atoms with Gasteiger partial charge in [-0.2, -0.15) is 0 Å². The first-order valence-corrected chi connectivity index (χ1v) is 9.03. The second-order valence-corrected chi connectivity index (χ2v) is 6.48. The Labute approximate surface area is 154 Å². The van der Waals surface area contributed by atoms with E-state index in [2.05, 4.69) is 27.0 Å². The number of benzene rings is 2. The van der Waals surface area contributed by atoms with Crippen LogP contribution in [0, 0.1) is 5.92 Å². The van der Waals surface area contributed by atoms with Crippen molar-refractivity contribution in [2.45, 2.75) is 45.4 Å². The van der Waals surface area contributed by atoms with Crippen molar-refractivity contribution in [3.8, 4) is 0 Å². The summed E-state index contributed by atoms with van der Waals surface area (Å²) in [5, 5.41) is 7.25. The maximum absolute atomic E-state index is 8.50. The number of rotatable bonds is 10. The van der Waals surface area contributed by atoms with Gasteiger partial charge in [-0.25, -0.2) is 0 Å². The van der Waals surface area contributed by atoms with Crippen molar-refractivity contribution in [3.05, 3.63) is 80.5 Å². The Bertz CT molecular complexity index is 705. The Morgan fingerprint density at radius 3 is 1.62 bits per heavy atom. The van der Waals surface area contributed by atoms with Crippen LogP contribution in [0.1, 0.15) is 43.7 Å². The second-order valence-electron chi connectivity index (χ2n) is 6.48. The third-order valence-corrected chi connectivity index (χ3v) is 4.46. The molecule has 2 rings (SSSR count). The Kier molecular flexibility index (Phi) is 8.07. The maximum atomic E-state index is 8.50. The third-order valence-electron chi connectivity index (χ3n) is 4.46. The fraction of sp³-hybridized carbons (Fsp3) is 0.400. The van der Waals surface area contributed by atoms with Crippen LogP contribution in [-0.4, -0.2) is 0 Å². The Balaban J connectivity index is 2.06. The smallest absolute Gasteiger partial charge is 0.0375 e. The van der Waals surface area contributed by atoms with E-state index in [1.807, 2.05) is 48.5 Å². The molecule has 26 heavy (non-hydrogen) atoms. The van der Waals surface area contributed by atoms with Crippen molar-refractivity contribution in [2.24, 2.45) is 16.1 Å². The van der Waals surface area contributed by atoms with Gasteiger partial charge >= 0.3 is 0 Å². The summed E-state index contributed by atoms with van der Waals surface area (Å²) in [6, 6.07) is 15.6. The van der Waals surface area contributed by atoms with Crippen molar-refractivity contribution in [1.82, 2.24) is 0 Å². The molecular weight excluding hydrogens is 324 g/mol. The second kappa shape index (κ2) is 10.8. The monoisotopic (exact) mass is 348 g/mol. The van der Waals surface area contributed by atoms with Gasteiger partial charge < -0.3 is 0 Å². The summed E-state index contributed by atoms with van der Waals surface area (Å²) in [5.41, 5.74) is 20.8. The Morgan fingerprint density at radius 2 is 1.23 bits per heavy atom. The molecule has 134 valence electrons. The average Bonchev–Trinajstić information content (AvgIpc) is 2.65. The molecule has 0 aromatic heterocycles. The molecule has 0 fully saturated rings. The lowest BCUT2D eigenvalue weighted by molar-refractivity contribution is 0.453. The average molecular weight is 348 g/mol. The molecule has 6 nitrogen and oxygen atoms in total. The van der Waals surface area contributed by atoms with Crippen LogP contribution in [-0.2, 0) is 12.8 Å². The molecule has 0 saturated carbocycles. The summed E-state index contributed by atoms with van der Waals surface area (Å²) < 4.78 is 0. The lowest BCUT2D eigenvalue weighted by Gasteiger charge is -2.17. The van der Waals surface area contributed by atoms with Crippen molar-refractivity contribution in [3.63, 3.8) is 0 Å². The van der Waals surface area contributed by atoms with Gasteiger partial charge in [0, 0.05) is 21.2 Å². The molecule has 0 radical (unpaired) electrons. The number of unbranched alkanes of at least 4 members (excludes halogenated alkanes) is 2. The van der Waals surface area contributed by atoms with Crippen LogP contribution in [0.2, 0.25) is 0 Å². The topological polar surface area (TPSA) is 97.5 Å². The lowest BCUT2D eigenvalue weighted by Crippen LogP contribution is -2.08. The molecule has 0 N–H and O–H groups in total. The molecule has 0 saturated heterocycles. The molecule has 0 heterocycles. The zero-order valence-electron chi connectivity index (χ0n) is 15.1. The van der Waals surface area contributed by atoms with Crippen molar-refractivity contribution < 1.29 is 0 Å². The van der Waals surface area contributed by atoms with Crippen molar-refractivity contribution >= 4 is 11.4 Å². The molecule has 0 spiro atoms. The van der Waals surface area contributed by atoms with E-state index in [1.165, 1.54) is 36.8 Å². The van der Waals surface area contributed by atoms with Gasteiger partial charge in [-0.1, -0.05) is 84.9 Å². The Hall–Kier alpha value is -2.94. The highest BCUT2D eigenvalue weighted by atomic mass is 15.1. The lowest BCUT2D eigenvalue weighted by atomic mass is 9.88.